The molecular formula is C9H10N2O2. The minimum atomic E-state index is -0.0503. The van der Waals surface area contributed by atoms with Gasteiger partial charge in [0.1, 0.15) is 12.1 Å². The summed E-state index contributed by atoms with van der Waals surface area (Å²) in [6.45, 7) is 1.73. The van der Waals surface area contributed by atoms with Gasteiger partial charge in [0.25, 0.3) is 0 Å². The highest BCUT2D eigenvalue weighted by Crippen LogP contribution is 2.03. The number of allylic oxidation sites excluding steroid dienone is 1. The summed E-state index contributed by atoms with van der Waals surface area (Å²) in [5.41, 5.74) is 0.572. The lowest BCUT2D eigenvalue weighted by atomic mass is 10.2. The normalized spacial score (nSPS) is 14.9. The maximum absolute atomic E-state index is 11.4. The van der Waals surface area contributed by atoms with Gasteiger partial charge in [0.15, 0.2) is 5.78 Å². The minimum Gasteiger partial charge on any atom is -0.472 e. The Kier molecular flexibility index (Phi) is 2.04. The molecule has 0 aromatic carbocycles. The second-order valence-corrected chi connectivity index (χ2v) is 2.79. The number of hydrogen-bond donors (Lipinski definition) is 2. The molecule has 0 bridgehead atoms. The van der Waals surface area contributed by atoms with Crippen LogP contribution in [-0.4, -0.2) is 18.9 Å². The molecule has 68 valence electrons. The van der Waals surface area contributed by atoms with Crippen LogP contribution in [0.3, 0.4) is 0 Å². The molecule has 2 rings (SSSR count). The molecule has 4 nitrogen and oxygen atoms in total. The number of ketones is 1. The third kappa shape index (κ3) is 1.72. The van der Waals surface area contributed by atoms with Crippen molar-refractivity contribution in [2.45, 2.75) is 0 Å². The molecule has 0 saturated carbocycles. The molecule has 13 heavy (non-hydrogen) atoms. The largest absolute Gasteiger partial charge is 0.472 e. The van der Waals surface area contributed by atoms with E-state index in [2.05, 4.69) is 10.6 Å². The van der Waals surface area contributed by atoms with Crippen molar-refractivity contribution in [3.8, 4) is 0 Å². The van der Waals surface area contributed by atoms with Crippen LogP contribution in [0.5, 0.6) is 0 Å². The van der Waals surface area contributed by atoms with E-state index in [-0.39, 0.29) is 5.78 Å². The van der Waals surface area contributed by atoms with Crippen molar-refractivity contribution in [1.82, 2.24) is 10.6 Å². The first kappa shape index (κ1) is 7.91. The Morgan fingerprint density at radius 2 is 2.23 bits per heavy atom. The molecule has 0 amide bonds. The van der Waals surface area contributed by atoms with E-state index in [1.807, 2.05) is 0 Å². The van der Waals surface area contributed by atoms with Crippen LogP contribution in [0.25, 0.3) is 0 Å². The van der Waals surface area contributed by atoms with E-state index in [4.69, 9.17) is 4.42 Å². The molecule has 2 heterocycles. The van der Waals surface area contributed by atoms with Crippen LogP contribution in [0.4, 0.5) is 0 Å². The zero-order chi connectivity index (χ0) is 9.10. The lowest BCUT2D eigenvalue weighted by molar-refractivity contribution is 0.104. The predicted octanol–water partition coefficient (Wildman–Crippen LogP) is 0.496. The number of carbonyl (C=O) groups is 1. The first-order chi connectivity index (χ1) is 6.36. The molecule has 0 atom stereocenters. The molecule has 0 unspecified atom stereocenters. The number of furan rings is 1. The Balaban J connectivity index is 2.10. The molecule has 0 spiro atoms. The summed E-state index contributed by atoms with van der Waals surface area (Å²) >= 11 is 0. The van der Waals surface area contributed by atoms with Gasteiger partial charge in [0.05, 0.1) is 11.8 Å². The van der Waals surface area contributed by atoms with Gasteiger partial charge in [0.2, 0.25) is 0 Å². The highest BCUT2D eigenvalue weighted by molar-refractivity contribution is 6.04. The van der Waals surface area contributed by atoms with Crippen molar-refractivity contribution in [1.29, 1.82) is 0 Å². The quantitative estimate of drug-likeness (QED) is 0.511. The van der Waals surface area contributed by atoms with Gasteiger partial charge < -0.3 is 15.1 Å². The van der Waals surface area contributed by atoms with Gasteiger partial charge in [0, 0.05) is 19.2 Å². The Labute approximate surface area is 75.6 Å². The van der Waals surface area contributed by atoms with Crippen molar-refractivity contribution in [2.75, 3.05) is 13.1 Å². The fourth-order valence-corrected chi connectivity index (χ4v) is 1.18. The summed E-state index contributed by atoms with van der Waals surface area (Å²) < 4.78 is 4.81. The van der Waals surface area contributed by atoms with Gasteiger partial charge in [-0.3, -0.25) is 4.79 Å². The Bertz CT molecular complexity index is 319. The average molecular weight is 178 g/mol. The van der Waals surface area contributed by atoms with Crippen molar-refractivity contribution in [3.63, 3.8) is 0 Å². The highest BCUT2D eigenvalue weighted by Gasteiger charge is 2.08. The smallest absolute Gasteiger partial charge is 0.192 e. The number of nitrogens with one attached hydrogen (secondary N) is 2. The first-order valence-electron chi connectivity index (χ1n) is 4.12. The third-order valence-corrected chi connectivity index (χ3v) is 1.84. The van der Waals surface area contributed by atoms with Gasteiger partial charge in [-0.15, -0.1) is 0 Å². The summed E-state index contributed by atoms with van der Waals surface area (Å²) in [6.07, 6.45) is 4.47. The summed E-state index contributed by atoms with van der Waals surface area (Å²) in [5.74, 6) is 0.733. The summed E-state index contributed by atoms with van der Waals surface area (Å²) in [7, 11) is 0. The minimum absolute atomic E-state index is 0.0503. The Morgan fingerprint density at radius 3 is 2.85 bits per heavy atom. The van der Waals surface area contributed by atoms with Crippen molar-refractivity contribution >= 4 is 5.78 Å². The van der Waals surface area contributed by atoms with Gasteiger partial charge in [-0.1, -0.05) is 0 Å². The maximum atomic E-state index is 11.4. The second-order valence-electron chi connectivity index (χ2n) is 2.79. The molecule has 0 aliphatic carbocycles. The van der Waals surface area contributed by atoms with Crippen LogP contribution < -0.4 is 10.6 Å². The molecular weight excluding hydrogens is 168 g/mol. The van der Waals surface area contributed by atoms with Crippen molar-refractivity contribution in [2.24, 2.45) is 0 Å². The van der Waals surface area contributed by atoms with Crippen LogP contribution in [-0.2, 0) is 0 Å². The van der Waals surface area contributed by atoms with E-state index in [1.165, 1.54) is 18.6 Å². The molecule has 4 heteroatoms. The van der Waals surface area contributed by atoms with Crippen LogP contribution in [0.15, 0.2) is 34.9 Å². The van der Waals surface area contributed by atoms with E-state index < -0.39 is 0 Å². The van der Waals surface area contributed by atoms with Gasteiger partial charge in [-0.05, 0) is 6.07 Å². The SMILES string of the molecule is O=C(C=C1NCCN1)c1ccoc1. The van der Waals surface area contributed by atoms with Crippen LogP contribution in [0.2, 0.25) is 0 Å². The number of hydrogen-bond acceptors (Lipinski definition) is 4. The number of carbonyl (C=O) groups excluding carboxylic acids is 1. The molecule has 2 N–H and O–H groups in total. The first-order valence-corrected chi connectivity index (χ1v) is 4.12. The summed E-state index contributed by atoms with van der Waals surface area (Å²) in [4.78, 5) is 11.4. The lowest BCUT2D eigenvalue weighted by Gasteiger charge is -1.96. The predicted molar refractivity (Wildman–Crippen MR) is 47.1 cm³/mol. The zero-order valence-electron chi connectivity index (χ0n) is 7.04. The highest BCUT2D eigenvalue weighted by atomic mass is 16.3. The fourth-order valence-electron chi connectivity index (χ4n) is 1.18. The summed E-state index contributed by atoms with van der Waals surface area (Å²) in [6, 6.07) is 1.65. The second kappa shape index (κ2) is 3.35. The topological polar surface area (TPSA) is 54.3 Å². The number of rotatable bonds is 2. The Morgan fingerprint density at radius 1 is 1.46 bits per heavy atom. The van der Waals surface area contributed by atoms with E-state index in [0.29, 0.717) is 5.56 Å². The van der Waals surface area contributed by atoms with Crippen molar-refractivity contribution < 1.29 is 9.21 Å². The molecule has 1 saturated heterocycles. The molecule has 0 radical (unpaired) electrons. The van der Waals surface area contributed by atoms with Crippen molar-refractivity contribution in [3.05, 3.63) is 36.1 Å². The third-order valence-electron chi connectivity index (χ3n) is 1.84. The maximum Gasteiger partial charge on any atom is 0.192 e. The molecule has 1 fully saturated rings. The van der Waals surface area contributed by atoms with Gasteiger partial charge >= 0.3 is 0 Å². The van der Waals surface area contributed by atoms with E-state index >= 15 is 0 Å². The van der Waals surface area contributed by atoms with Gasteiger partial charge in [-0.25, -0.2) is 0 Å². The van der Waals surface area contributed by atoms with Crippen LogP contribution in [0, 0.1) is 0 Å². The van der Waals surface area contributed by atoms with E-state index in [1.54, 1.807) is 6.07 Å². The molecule has 1 aromatic heterocycles. The molecule has 1 aromatic rings. The zero-order valence-corrected chi connectivity index (χ0v) is 7.04. The fraction of sp³-hybridized carbons (Fsp3) is 0.222. The lowest BCUT2D eigenvalue weighted by Crippen LogP contribution is -2.12. The average Bonchev–Trinajstić information content (AvgIpc) is 2.74. The monoisotopic (exact) mass is 178 g/mol. The summed E-state index contributed by atoms with van der Waals surface area (Å²) in [5, 5.41) is 6.10. The van der Waals surface area contributed by atoms with Crippen LogP contribution in [0.1, 0.15) is 10.4 Å². The van der Waals surface area contributed by atoms with E-state index in [9.17, 15) is 4.79 Å². The standard InChI is InChI=1S/C9H10N2O2/c12-8(7-1-4-13-6-7)5-9-10-2-3-11-9/h1,4-6,10-11H,2-3H2. The molecule has 1 aliphatic rings. The van der Waals surface area contributed by atoms with Gasteiger partial charge in [-0.2, -0.15) is 0 Å². The Hall–Kier alpha value is -1.71. The van der Waals surface area contributed by atoms with E-state index in [0.717, 1.165) is 18.9 Å². The van der Waals surface area contributed by atoms with Crippen LogP contribution >= 0.6 is 0 Å². The molecule has 1 aliphatic heterocycles.